The van der Waals surface area contributed by atoms with Crippen LogP contribution in [0.2, 0.25) is 0 Å². The predicted molar refractivity (Wildman–Crippen MR) is 251 cm³/mol. The number of carboxylic acid groups (broad SMARTS) is 3. The summed E-state index contributed by atoms with van der Waals surface area (Å²) in [5.74, 6) is -2.75. The number of urea groups is 1. The number of ether oxygens (including phenoxy) is 3. The summed E-state index contributed by atoms with van der Waals surface area (Å²) < 4.78 is 16.0. The van der Waals surface area contributed by atoms with Crippen molar-refractivity contribution in [2.75, 3.05) is 90.9 Å². The van der Waals surface area contributed by atoms with E-state index in [0.717, 1.165) is 37.5 Å². The molecular weight excluding hydrogens is 963 g/mol. The molecule has 0 bridgehead atoms. The lowest BCUT2D eigenvalue weighted by Crippen LogP contribution is -2.60. The normalized spacial score (nSPS) is 26.8. The molecule has 0 aromatic heterocycles. The Morgan fingerprint density at radius 3 is 2.14 bits per heavy atom. The summed E-state index contributed by atoms with van der Waals surface area (Å²) in [5.41, 5.74) is 4.70. The van der Waals surface area contributed by atoms with Gasteiger partial charge in [-0.05, 0) is 30.9 Å². The van der Waals surface area contributed by atoms with E-state index in [2.05, 4.69) is 16.0 Å². The van der Waals surface area contributed by atoms with Crippen LogP contribution < -0.4 is 26.4 Å². The third-order valence-corrected chi connectivity index (χ3v) is 13.8. The zero-order chi connectivity index (χ0) is 52.2. The molecule has 0 radical (unpaired) electrons. The lowest BCUT2D eigenvalue weighted by atomic mass is 9.99. The van der Waals surface area contributed by atoms with Gasteiger partial charge < -0.3 is 71.6 Å². The summed E-state index contributed by atoms with van der Waals surface area (Å²) in [7, 11) is 0. The number of rotatable bonds is 22. The zero-order valence-corrected chi connectivity index (χ0v) is 40.4. The summed E-state index contributed by atoms with van der Waals surface area (Å²) >= 11 is 1.90. The molecule has 1 aromatic carbocycles. The zero-order valence-electron chi connectivity index (χ0n) is 39.6. The Morgan fingerprint density at radius 2 is 1.54 bits per heavy atom. The van der Waals surface area contributed by atoms with Crippen molar-refractivity contribution in [1.82, 2.24) is 35.6 Å². The van der Waals surface area contributed by atoms with Gasteiger partial charge in [0.1, 0.15) is 31.0 Å². The molecule has 4 heterocycles. The summed E-state index contributed by atoms with van der Waals surface area (Å²) in [6.07, 6.45) is -4.27. The van der Waals surface area contributed by atoms with Crippen molar-refractivity contribution in [1.29, 1.82) is 0 Å². The number of unbranched alkanes of at least 4 members (excludes halogenated alkanes) is 1. The molecule has 71 heavy (non-hydrogen) atoms. The quantitative estimate of drug-likeness (QED) is 0.0255. The average molecular weight is 1030 g/mol. The number of nitro benzene ring substituents is 1. The van der Waals surface area contributed by atoms with Crippen LogP contribution in [-0.4, -0.2) is 241 Å². The molecule has 0 spiro atoms. The predicted octanol–water partition coefficient (Wildman–Crippen LogP) is -2.16. The van der Waals surface area contributed by atoms with E-state index in [-0.39, 0.29) is 101 Å². The molecule has 0 saturated carbocycles. The van der Waals surface area contributed by atoms with Crippen LogP contribution in [0.5, 0.6) is 5.75 Å². The third kappa shape index (κ3) is 19.4. The fraction of sp³-hybridized carbons (Fsp3) is 0.721. The fourth-order valence-corrected chi connectivity index (χ4v) is 10.2. The Morgan fingerprint density at radius 1 is 0.901 bits per heavy atom. The molecule has 9 atom stereocenters. The van der Waals surface area contributed by atoms with Crippen molar-refractivity contribution in [3.63, 3.8) is 0 Å². The molecule has 5 rings (SSSR count). The minimum Gasteiger partial charge on any atom is -0.480 e. The van der Waals surface area contributed by atoms with Crippen LogP contribution >= 0.6 is 11.8 Å². The number of amides is 4. The second-order valence-electron chi connectivity index (χ2n) is 17.7. The number of benzene rings is 1. The second kappa shape index (κ2) is 29.4. The van der Waals surface area contributed by atoms with E-state index in [1.54, 1.807) is 14.7 Å². The van der Waals surface area contributed by atoms with Crippen LogP contribution in [0.3, 0.4) is 0 Å². The van der Waals surface area contributed by atoms with E-state index < -0.39 is 71.9 Å². The molecular formula is C43H69N9O18S. The average Bonchev–Trinajstić information content (AvgIpc) is 3.87. The van der Waals surface area contributed by atoms with Crippen molar-refractivity contribution in [2.45, 2.75) is 106 Å². The number of fused-ring (bicyclic) bond motifs is 1. The SMILES string of the molecule is CCCC1CN(CC(=O)O)CCN(CC(=O)O)CCN(CC(=O)O)CCN1CCNC(=O)OCc1ccc(OC2OC(CO)C(O)C(O)C2O)c([N+](=O)[O-])c1.NC(=O)CCCCC1SCC2NC(=O)NC21. The first-order valence-electron chi connectivity index (χ1n) is 23.5. The minimum atomic E-state index is -1.80. The number of carbonyl (C=O) groups excluding carboxylic acids is 3. The molecule has 4 amide bonds. The van der Waals surface area contributed by atoms with Crippen LogP contribution in [-0.2, 0) is 35.3 Å². The first-order chi connectivity index (χ1) is 33.8. The Bertz CT molecular complexity index is 1940. The van der Waals surface area contributed by atoms with Crippen LogP contribution in [0.1, 0.15) is 51.0 Å². The van der Waals surface area contributed by atoms with Crippen molar-refractivity contribution in [3.05, 3.63) is 33.9 Å². The summed E-state index contributed by atoms with van der Waals surface area (Å²) in [4.78, 5) is 87.5. The number of carboxylic acids is 3. The van der Waals surface area contributed by atoms with Gasteiger partial charge in [-0.15, -0.1) is 0 Å². The van der Waals surface area contributed by atoms with Crippen LogP contribution in [0.4, 0.5) is 15.3 Å². The number of alkyl carbamates (subject to hydrolysis) is 1. The number of primary amides is 1. The Hall–Kier alpha value is -5.17. The fourth-order valence-electron chi connectivity index (χ4n) is 8.66. The minimum absolute atomic E-state index is 0.0440. The highest BCUT2D eigenvalue weighted by atomic mass is 32.2. The van der Waals surface area contributed by atoms with E-state index in [9.17, 15) is 74.6 Å². The number of thioether (sulfide) groups is 1. The summed E-state index contributed by atoms with van der Waals surface area (Å²) in [6.45, 7) is 2.38. The van der Waals surface area contributed by atoms with Crippen LogP contribution in [0.25, 0.3) is 0 Å². The number of nitrogens with two attached hydrogens (primary N) is 1. The maximum absolute atomic E-state index is 12.7. The molecule has 400 valence electrons. The number of aliphatic hydroxyl groups is 4. The molecule has 4 aliphatic rings. The largest absolute Gasteiger partial charge is 0.480 e. The van der Waals surface area contributed by atoms with Crippen molar-refractivity contribution in [3.8, 4) is 5.75 Å². The number of nitrogens with one attached hydrogen (secondary N) is 3. The van der Waals surface area contributed by atoms with Gasteiger partial charge in [0.15, 0.2) is 5.75 Å². The van der Waals surface area contributed by atoms with Crippen molar-refractivity contribution >= 4 is 53.4 Å². The first kappa shape index (κ1) is 58.4. The van der Waals surface area contributed by atoms with E-state index in [1.807, 2.05) is 23.6 Å². The lowest BCUT2D eigenvalue weighted by Gasteiger charge is -2.39. The van der Waals surface area contributed by atoms with Gasteiger partial charge >= 0.3 is 35.7 Å². The molecule has 1 aromatic rings. The van der Waals surface area contributed by atoms with Gasteiger partial charge in [-0.3, -0.25) is 48.9 Å². The number of nitro groups is 1. The molecule has 12 N–H and O–H groups in total. The number of hydrogen-bond acceptors (Lipinski definition) is 20. The highest BCUT2D eigenvalue weighted by molar-refractivity contribution is 8.00. The molecule has 28 heteroatoms. The molecule has 4 aliphatic heterocycles. The molecule has 4 fully saturated rings. The lowest BCUT2D eigenvalue weighted by molar-refractivity contribution is -0.387. The molecule has 27 nitrogen and oxygen atoms in total. The smallest absolute Gasteiger partial charge is 0.407 e. The number of nitrogens with zero attached hydrogens (tertiary/aromatic N) is 5. The maximum Gasteiger partial charge on any atom is 0.407 e. The van der Waals surface area contributed by atoms with Gasteiger partial charge in [-0.2, -0.15) is 11.8 Å². The first-order valence-corrected chi connectivity index (χ1v) is 24.5. The van der Waals surface area contributed by atoms with Crippen LogP contribution in [0, 0.1) is 10.1 Å². The van der Waals surface area contributed by atoms with E-state index in [1.165, 1.54) is 12.1 Å². The van der Waals surface area contributed by atoms with Gasteiger partial charge in [0.05, 0.1) is 43.2 Å². The number of aliphatic hydroxyl groups excluding tert-OH is 4. The van der Waals surface area contributed by atoms with Gasteiger partial charge in [0.25, 0.3) is 0 Å². The Kier molecular flexibility index (Phi) is 24.2. The second-order valence-corrected chi connectivity index (χ2v) is 18.9. The molecule has 4 saturated heterocycles. The third-order valence-electron chi connectivity index (χ3n) is 12.3. The van der Waals surface area contributed by atoms with Gasteiger partial charge in [-0.1, -0.05) is 25.8 Å². The summed E-state index contributed by atoms with van der Waals surface area (Å²) in [6, 6.07) is 3.92. The summed E-state index contributed by atoms with van der Waals surface area (Å²) in [5, 5.41) is 89.0. The van der Waals surface area contributed by atoms with E-state index in [4.69, 9.17) is 19.9 Å². The van der Waals surface area contributed by atoms with Gasteiger partial charge in [0.2, 0.25) is 12.2 Å². The Balaban J connectivity index is 0.000000573. The molecule has 9 unspecified atom stereocenters. The highest BCUT2D eigenvalue weighted by Crippen LogP contribution is 2.34. The standard InChI is InChI=1S/C33H52N6O16.C10H17N3O2S/c1-2-3-22-15-37(18-28(45)46)11-10-35(16-26(41)42)8-9-36(17-27(43)44)12-13-38(22)7-6-34-33(50)53-20-21-4-5-24(23(14-21)39(51)52)54-32-31(49)30(48)29(47)25(19-40)55-32;11-8(14)4-2-1-3-7-9-6(5-16-7)12-10(15)13-9/h4-5,14,22,25,29-32,40,47-49H,2-3,6-13,15-20H2,1H3,(H,34,50)(H,41,42)(H,43,44)(H,45,46);6-7,9H,1-5H2,(H2,11,14)(H2,12,13,15). The monoisotopic (exact) mass is 1030 g/mol. The number of carbonyl (C=O) groups is 6. The highest BCUT2D eigenvalue weighted by Gasteiger charge is 2.45. The maximum atomic E-state index is 12.7. The topological polar surface area (TPSA) is 390 Å². The van der Waals surface area contributed by atoms with Gasteiger partial charge in [-0.25, -0.2) is 9.59 Å². The van der Waals surface area contributed by atoms with E-state index >= 15 is 0 Å². The van der Waals surface area contributed by atoms with Crippen molar-refractivity contribution in [2.24, 2.45) is 5.73 Å². The number of hydrogen-bond donors (Lipinski definition) is 11. The number of aliphatic carboxylic acids is 3. The van der Waals surface area contributed by atoms with Crippen LogP contribution in [0.15, 0.2) is 18.2 Å². The Labute approximate surface area is 414 Å². The van der Waals surface area contributed by atoms with Gasteiger partial charge in [0, 0.05) is 88.4 Å². The van der Waals surface area contributed by atoms with Crippen molar-refractivity contribution < 1.29 is 83.6 Å². The molecule has 0 aliphatic carbocycles. The van der Waals surface area contributed by atoms with E-state index in [0.29, 0.717) is 43.8 Å².